The lowest BCUT2D eigenvalue weighted by molar-refractivity contribution is 0.771. The molecule has 0 spiro atoms. The van der Waals surface area contributed by atoms with Crippen LogP contribution in [0.25, 0.3) is 0 Å². The summed E-state index contributed by atoms with van der Waals surface area (Å²) in [6.45, 7) is 3.58. The van der Waals surface area contributed by atoms with Crippen molar-refractivity contribution in [1.29, 1.82) is 0 Å². The average molecular weight is 657 g/mol. The van der Waals surface area contributed by atoms with E-state index in [9.17, 15) is 0 Å². The molecule has 4 aromatic carbocycles. The van der Waals surface area contributed by atoms with Gasteiger partial charge >= 0.3 is 0 Å². The van der Waals surface area contributed by atoms with Crippen LogP contribution in [0.4, 0.5) is 22.7 Å². The van der Waals surface area contributed by atoms with Crippen molar-refractivity contribution in [2.75, 3.05) is 45.8 Å². The summed E-state index contributed by atoms with van der Waals surface area (Å²) >= 11 is 0. The molecule has 248 valence electrons. The number of anilines is 4. The van der Waals surface area contributed by atoms with Crippen LogP contribution in [0.3, 0.4) is 0 Å². The minimum atomic E-state index is 0.587. The summed E-state index contributed by atoms with van der Waals surface area (Å²) in [5.41, 5.74) is 10.3. The third kappa shape index (κ3) is 4.88. The van der Waals surface area contributed by atoms with Crippen LogP contribution in [-0.2, 0) is 25.7 Å². The predicted molar refractivity (Wildman–Crippen MR) is 205 cm³/mol. The lowest BCUT2D eigenvalue weighted by Gasteiger charge is -2.36. The first-order chi connectivity index (χ1) is 24.8. The van der Waals surface area contributed by atoms with E-state index in [0.29, 0.717) is 11.6 Å². The van der Waals surface area contributed by atoms with Gasteiger partial charge in [-0.2, -0.15) is 0 Å². The van der Waals surface area contributed by atoms with Crippen LogP contribution in [0.1, 0.15) is 47.9 Å². The maximum atomic E-state index is 5.40. The second kappa shape index (κ2) is 12.1. The molecular formula is C42H40N8. The maximum absolute atomic E-state index is 5.40. The highest BCUT2D eigenvalue weighted by Crippen LogP contribution is 2.37. The van der Waals surface area contributed by atoms with Crippen molar-refractivity contribution in [2.24, 2.45) is 20.0 Å². The quantitative estimate of drug-likeness (QED) is 0.196. The van der Waals surface area contributed by atoms with Gasteiger partial charge in [0.1, 0.15) is 0 Å². The number of aryl methyl sites for hydroxylation is 4. The summed E-state index contributed by atoms with van der Waals surface area (Å²) < 4.78 is 0. The largest absolute Gasteiger partial charge is 0.323 e. The average Bonchev–Trinajstić information content (AvgIpc) is 3.83. The van der Waals surface area contributed by atoms with E-state index in [2.05, 4.69) is 117 Å². The van der Waals surface area contributed by atoms with Gasteiger partial charge in [-0.3, -0.25) is 0 Å². The van der Waals surface area contributed by atoms with E-state index in [0.717, 1.165) is 101 Å². The number of hydrogen-bond acceptors (Lipinski definition) is 8. The smallest absolute Gasteiger partial charge is 0.202 e. The predicted octanol–water partition coefficient (Wildman–Crippen LogP) is 7.55. The number of para-hydroxylation sites is 4. The van der Waals surface area contributed by atoms with Crippen LogP contribution >= 0.6 is 0 Å². The standard InChI is InChI=1S/C42H40N8/c1-5-21-33-29(13-1)17-9-25-47(33)39-40(48-26-10-18-30-14-2-6-22-34(30)48)44-37(43-39)38-45-41(49-27-11-19-31-15-3-7-23-35(31)49)42(46-38)50-28-12-20-32-16-4-8-24-36(32)50/h1-8,13-16,21-24H,9-12,17-20,25-28H2. The molecule has 4 aromatic rings. The topological polar surface area (TPSA) is 62.4 Å². The molecule has 0 aromatic heterocycles. The zero-order valence-electron chi connectivity index (χ0n) is 28.3. The second-order valence-electron chi connectivity index (χ2n) is 13.9. The fourth-order valence-corrected chi connectivity index (χ4v) is 8.59. The Morgan fingerprint density at radius 1 is 0.320 bits per heavy atom. The highest BCUT2D eigenvalue weighted by atomic mass is 15.4. The molecule has 0 bridgehead atoms. The molecule has 0 saturated carbocycles. The summed E-state index contributed by atoms with van der Waals surface area (Å²) in [5, 5.41) is 0. The van der Waals surface area contributed by atoms with Crippen molar-refractivity contribution in [2.45, 2.75) is 51.4 Å². The minimum absolute atomic E-state index is 0.587. The molecule has 0 unspecified atom stereocenters. The SMILES string of the molecule is c1ccc2c(c1)CCCN2C1=NC(=C2N=C(N3CCCc4ccccc43)C(N3CCCc4ccccc43)=N2)N=C1N1CCCc2ccccc21. The van der Waals surface area contributed by atoms with Crippen molar-refractivity contribution in [3.8, 4) is 0 Å². The molecular weight excluding hydrogens is 617 g/mol. The Kier molecular flexibility index (Phi) is 7.13. The van der Waals surface area contributed by atoms with E-state index in [1.54, 1.807) is 0 Å². The molecule has 0 saturated heterocycles. The van der Waals surface area contributed by atoms with Gasteiger partial charge in [-0.25, -0.2) is 20.0 Å². The maximum Gasteiger partial charge on any atom is 0.202 e. The van der Waals surface area contributed by atoms with E-state index in [-0.39, 0.29) is 0 Å². The lowest BCUT2D eigenvalue weighted by atomic mass is 10.00. The number of fused-ring (bicyclic) bond motifs is 4. The number of nitrogens with zero attached hydrogens (tertiary/aromatic N) is 8. The van der Waals surface area contributed by atoms with Gasteiger partial charge in [-0.1, -0.05) is 72.8 Å². The number of amidine groups is 4. The van der Waals surface area contributed by atoms with Gasteiger partial charge in [0, 0.05) is 48.9 Å². The van der Waals surface area contributed by atoms with Crippen LogP contribution in [0, 0.1) is 0 Å². The van der Waals surface area contributed by atoms with Crippen LogP contribution < -0.4 is 19.6 Å². The van der Waals surface area contributed by atoms with Gasteiger partial charge < -0.3 is 19.6 Å². The summed E-state index contributed by atoms with van der Waals surface area (Å²) in [5.74, 6) is 4.74. The van der Waals surface area contributed by atoms with Crippen molar-refractivity contribution in [1.82, 2.24) is 0 Å². The monoisotopic (exact) mass is 656 g/mol. The number of hydrogen-bond donors (Lipinski definition) is 0. The molecule has 6 heterocycles. The Balaban J connectivity index is 1.16. The first-order valence-corrected chi connectivity index (χ1v) is 18.3. The molecule has 0 radical (unpaired) electrons. The Morgan fingerprint density at radius 2 is 0.560 bits per heavy atom. The third-order valence-electron chi connectivity index (χ3n) is 10.9. The highest BCUT2D eigenvalue weighted by molar-refractivity contribution is 6.52. The van der Waals surface area contributed by atoms with Crippen LogP contribution in [0.15, 0.2) is 129 Å². The molecule has 0 amide bonds. The third-order valence-corrected chi connectivity index (χ3v) is 10.9. The molecule has 50 heavy (non-hydrogen) atoms. The van der Waals surface area contributed by atoms with Gasteiger partial charge in [-0.15, -0.1) is 0 Å². The van der Waals surface area contributed by atoms with E-state index < -0.39 is 0 Å². The number of aliphatic imine (C=N–C) groups is 4. The molecule has 0 aliphatic carbocycles. The van der Waals surface area contributed by atoms with Gasteiger partial charge in [0.2, 0.25) is 11.6 Å². The lowest BCUT2D eigenvalue weighted by Crippen LogP contribution is -2.47. The molecule has 8 nitrogen and oxygen atoms in total. The van der Waals surface area contributed by atoms with Crippen LogP contribution in [0.5, 0.6) is 0 Å². The van der Waals surface area contributed by atoms with Crippen molar-refractivity contribution in [3.63, 3.8) is 0 Å². The Hall–Kier alpha value is -5.50. The summed E-state index contributed by atoms with van der Waals surface area (Å²) in [7, 11) is 0. The minimum Gasteiger partial charge on any atom is -0.323 e. The fraction of sp³-hybridized carbons (Fsp3) is 0.286. The Bertz CT molecular complexity index is 1870. The number of benzene rings is 4. The molecule has 6 aliphatic heterocycles. The summed E-state index contributed by atoms with van der Waals surface area (Å²) in [4.78, 5) is 31.1. The fourth-order valence-electron chi connectivity index (χ4n) is 8.59. The molecule has 8 heteroatoms. The molecule has 0 N–H and O–H groups in total. The number of rotatable bonds is 0. The van der Waals surface area contributed by atoms with Gasteiger partial charge in [0.25, 0.3) is 0 Å². The van der Waals surface area contributed by atoms with Gasteiger partial charge in [-0.05, 0) is 97.9 Å². The van der Waals surface area contributed by atoms with Gasteiger partial charge in [0.15, 0.2) is 23.3 Å². The van der Waals surface area contributed by atoms with Gasteiger partial charge in [0.05, 0.1) is 0 Å². The zero-order valence-corrected chi connectivity index (χ0v) is 28.3. The Morgan fingerprint density at radius 3 is 0.820 bits per heavy atom. The zero-order chi connectivity index (χ0) is 33.0. The first-order valence-electron chi connectivity index (χ1n) is 18.3. The molecule has 10 rings (SSSR count). The highest BCUT2D eigenvalue weighted by Gasteiger charge is 2.38. The van der Waals surface area contributed by atoms with E-state index in [1.165, 1.54) is 45.0 Å². The summed E-state index contributed by atoms with van der Waals surface area (Å²) in [6.07, 6.45) is 8.56. The summed E-state index contributed by atoms with van der Waals surface area (Å²) in [6, 6.07) is 35.0. The normalized spacial score (nSPS) is 19.7. The Labute approximate surface area is 293 Å². The van der Waals surface area contributed by atoms with Crippen LogP contribution in [-0.4, -0.2) is 49.5 Å². The second-order valence-corrected chi connectivity index (χ2v) is 13.9. The first kappa shape index (κ1) is 29.4. The van der Waals surface area contributed by atoms with Crippen molar-refractivity contribution >= 4 is 46.1 Å². The molecule has 0 fully saturated rings. The molecule has 6 aliphatic rings. The van der Waals surface area contributed by atoms with Crippen molar-refractivity contribution < 1.29 is 0 Å². The van der Waals surface area contributed by atoms with E-state index in [1.807, 2.05) is 0 Å². The van der Waals surface area contributed by atoms with E-state index >= 15 is 0 Å². The van der Waals surface area contributed by atoms with E-state index in [4.69, 9.17) is 20.0 Å². The van der Waals surface area contributed by atoms with Crippen LogP contribution in [0.2, 0.25) is 0 Å². The van der Waals surface area contributed by atoms with Crippen molar-refractivity contribution in [3.05, 3.63) is 131 Å². The molecule has 0 atom stereocenters.